The van der Waals surface area contributed by atoms with E-state index >= 15 is 0 Å². The molecule has 1 heterocycles. The fraction of sp³-hybridized carbons (Fsp3) is 0.167. The fourth-order valence-corrected chi connectivity index (χ4v) is 2.55. The highest BCUT2D eigenvalue weighted by molar-refractivity contribution is 7.16. The topological polar surface area (TPSA) is 12.0 Å². The summed E-state index contributed by atoms with van der Waals surface area (Å²) in [6, 6.07) is 7.18. The van der Waals surface area contributed by atoms with Gasteiger partial charge in [-0.05, 0) is 31.2 Å². The van der Waals surface area contributed by atoms with Crippen molar-refractivity contribution in [2.24, 2.45) is 0 Å². The van der Waals surface area contributed by atoms with Crippen molar-refractivity contribution in [2.75, 3.05) is 5.32 Å². The van der Waals surface area contributed by atoms with Crippen molar-refractivity contribution in [2.45, 2.75) is 13.0 Å². The van der Waals surface area contributed by atoms with Crippen LogP contribution in [0, 0.1) is 11.6 Å². The Hall–Kier alpha value is -1.13. The van der Waals surface area contributed by atoms with E-state index in [4.69, 9.17) is 11.6 Å². The molecule has 90 valence electrons. The first kappa shape index (κ1) is 12.3. The summed E-state index contributed by atoms with van der Waals surface area (Å²) < 4.78 is 27.5. The van der Waals surface area contributed by atoms with Gasteiger partial charge in [-0.2, -0.15) is 0 Å². The van der Waals surface area contributed by atoms with Gasteiger partial charge in [-0.25, -0.2) is 8.78 Å². The lowest BCUT2D eigenvalue weighted by Gasteiger charge is -2.14. The summed E-state index contributed by atoms with van der Waals surface area (Å²) in [4.78, 5) is 0.928. The van der Waals surface area contributed by atoms with E-state index in [0.717, 1.165) is 4.88 Å². The van der Waals surface area contributed by atoms with Gasteiger partial charge >= 0.3 is 0 Å². The molecule has 0 fully saturated rings. The summed E-state index contributed by atoms with van der Waals surface area (Å²) >= 11 is 7.20. The Morgan fingerprint density at radius 3 is 2.35 bits per heavy atom. The minimum atomic E-state index is -0.598. The summed E-state index contributed by atoms with van der Waals surface area (Å²) in [6.45, 7) is 1.83. The van der Waals surface area contributed by atoms with Crippen LogP contribution in [0.15, 0.2) is 30.3 Å². The molecule has 1 nitrogen and oxygen atoms in total. The molecule has 0 spiro atoms. The van der Waals surface area contributed by atoms with E-state index in [1.807, 2.05) is 13.0 Å². The fourth-order valence-electron chi connectivity index (χ4n) is 1.48. The molecule has 0 bridgehead atoms. The molecule has 0 radical (unpaired) electrons. The lowest BCUT2D eigenvalue weighted by molar-refractivity contribution is 0.585. The van der Waals surface area contributed by atoms with Crippen LogP contribution in [-0.2, 0) is 0 Å². The van der Waals surface area contributed by atoms with Crippen LogP contribution in [0.2, 0.25) is 4.34 Å². The third kappa shape index (κ3) is 2.76. The molecule has 0 aliphatic carbocycles. The van der Waals surface area contributed by atoms with Crippen molar-refractivity contribution < 1.29 is 8.78 Å². The van der Waals surface area contributed by atoms with Crippen molar-refractivity contribution in [3.8, 4) is 0 Å². The standard InChI is InChI=1S/C12H10ClF2NS/c1-7(10-5-6-11(13)17-10)16-12-8(14)3-2-4-9(12)15/h2-7,16H,1H3. The second-order valence-electron chi connectivity index (χ2n) is 3.60. The van der Waals surface area contributed by atoms with Gasteiger partial charge in [-0.1, -0.05) is 17.7 Å². The third-order valence-electron chi connectivity index (χ3n) is 2.34. The number of halogens is 3. The van der Waals surface area contributed by atoms with Crippen molar-refractivity contribution in [3.05, 3.63) is 51.2 Å². The van der Waals surface area contributed by atoms with Crippen LogP contribution < -0.4 is 5.32 Å². The summed E-state index contributed by atoms with van der Waals surface area (Å²) in [5, 5.41) is 2.81. The van der Waals surface area contributed by atoms with Crippen LogP contribution in [0.1, 0.15) is 17.8 Å². The number of para-hydroxylation sites is 1. The number of nitrogens with one attached hydrogen (secondary N) is 1. The maximum atomic E-state index is 13.4. The molecule has 2 rings (SSSR count). The van der Waals surface area contributed by atoms with Crippen molar-refractivity contribution in [3.63, 3.8) is 0 Å². The first-order valence-corrected chi connectivity index (χ1v) is 6.23. The Bertz CT molecular complexity index is 507. The molecule has 5 heteroatoms. The molecule has 0 amide bonds. The third-order valence-corrected chi connectivity index (χ3v) is 3.76. The van der Waals surface area contributed by atoms with Crippen LogP contribution in [-0.4, -0.2) is 0 Å². The average Bonchev–Trinajstić information content (AvgIpc) is 2.70. The minimum Gasteiger partial charge on any atom is -0.373 e. The van der Waals surface area contributed by atoms with Gasteiger partial charge in [0.25, 0.3) is 0 Å². The number of hydrogen-bond donors (Lipinski definition) is 1. The van der Waals surface area contributed by atoms with Crippen LogP contribution in [0.25, 0.3) is 0 Å². The highest BCUT2D eigenvalue weighted by Crippen LogP contribution is 2.30. The van der Waals surface area contributed by atoms with Crippen LogP contribution >= 0.6 is 22.9 Å². The molecule has 0 aliphatic heterocycles. The number of thiophene rings is 1. The normalized spacial score (nSPS) is 12.5. The second-order valence-corrected chi connectivity index (χ2v) is 5.35. The molecule has 1 unspecified atom stereocenters. The number of anilines is 1. The van der Waals surface area contributed by atoms with Crippen LogP contribution in [0.5, 0.6) is 0 Å². The monoisotopic (exact) mass is 273 g/mol. The van der Waals surface area contributed by atoms with Crippen molar-refractivity contribution in [1.82, 2.24) is 0 Å². The van der Waals surface area contributed by atoms with E-state index in [1.165, 1.54) is 29.5 Å². The van der Waals surface area contributed by atoms with Gasteiger partial charge in [-0.15, -0.1) is 11.3 Å². The summed E-state index contributed by atoms with van der Waals surface area (Å²) in [5.41, 5.74) is -0.107. The van der Waals surface area contributed by atoms with Crippen LogP contribution in [0.4, 0.5) is 14.5 Å². The number of rotatable bonds is 3. The minimum absolute atomic E-state index is 0.107. The van der Waals surface area contributed by atoms with Crippen molar-refractivity contribution >= 4 is 28.6 Å². The molecular formula is C12H10ClF2NS. The summed E-state index contributed by atoms with van der Waals surface area (Å²) in [7, 11) is 0. The van der Waals surface area contributed by atoms with Gasteiger partial charge in [0.2, 0.25) is 0 Å². The molecule has 0 saturated carbocycles. The Morgan fingerprint density at radius 1 is 1.18 bits per heavy atom. The molecule has 17 heavy (non-hydrogen) atoms. The number of benzene rings is 1. The summed E-state index contributed by atoms with van der Waals surface area (Å²) in [5.74, 6) is -1.20. The molecular weight excluding hydrogens is 264 g/mol. The largest absolute Gasteiger partial charge is 0.373 e. The Kier molecular flexibility index (Phi) is 3.64. The van der Waals surface area contributed by atoms with Gasteiger partial charge in [-0.3, -0.25) is 0 Å². The molecule has 0 saturated heterocycles. The SMILES string of the molecule is CC(Nc1c(F)cccc1F)c1ccc(Cl)s1. The van der Waals surface area contributed by atoms with Gasteiger partial charge < -0.3 is 5.32 Å². The van der Waals surface area contributed by atoms with Gasteiger partial charge in [0, 0.05) is 4.88 Å². The van der Waals surface area contributed by atoms with Crippen molar-refractivity contribution in [1.29, 1.82) is 0 Å². The highest BCUT2D eigenvalue weighted by Gasteiger charge is 2.13. The Balaban J connectivity index is 2.21. The number of hydrogen-bond acceptors (Lipinski definition) is 2. The molecule has 2 aromatic rings. The molecule has 0 aliphatic rings. The smallest absolute Gasteiger partial charge is 0.149 e. The lowest BCUT2D eigenvalue weighted by Crippen LogP contribution is -2.08. The maximum absolute atomic E-state index is 13.4. The van der Waals surface area contributed by atoms with Gasteiger partial charge in [0.15, 0.2) is 0 Å². The van der Waals surface area contributed by atoms with E-state index in [0.29, 0.717) is 4.34 Å². The van der Waals surface area contributed by atoms with E-state index in [1.54, 1.807) is 6.07 Å². The summed E-state index contributed by atoms with van der Waals surface area (Å²) in [6.07, 6.45) is 0. The second kappa shape index (κ2) is 5.02. The zero-order chi connectivity index (χ0) is 12.4. The molecule has 1 aromatic heterocycles. The predicted molar refractivity (Wildman–Crippen MR) is 67.7 cm³/mol. The van der Waals surface area contributed by atoms with E-state index < -0.39 is 11.6 Å². The quantitative estimate of drug-likeness (QED) is 0.843. The molecule has 1 atom stereocenters. The Labute approximate surface area is 107 Å². The first-order valence-electron chi connectivity index (χ1n) is 5.03. The average molecular weight is 274 g/mol. The predicted octanol–water partition coefficient (Wildman–Crippen LogP) is 4.85. The van der Waals surface area contributed by atoms with Gasteiger partial charge in [0.05, 0.1) is 10.4 Å². The zero-order valence-corrected chi connectivity index (χ0v) is 10.6. The lowest BCUT2D eigenvalue weighted by atomic mass is 10.2. The van der Waals surface area contributed by atoms with E-state index in [2.05, 4.69) is 5.32 Å². The highest BCUT2D eigenvalue weighted by atomic mass is 35.5. The first-order chi connectivity index (χ1) is 8.08. The zero-order valence-electron chi connectivity index (χ0n) is 9.01. The van der Waals surface area contributed by atoms with Crippen LogP contribution in [0.3, 0.4) is 0 Å². The molecule has 1 aromatic carbocycles. The maximum Gasteiger partial charge on any atom is 0.149 e. The van der Waals surface area contributed by atoms with E-state index in [9.17, 15) is 8.78 Å². The Morgan fingerprint density at radius 2 is 1.82 bits per heavy atom. The molecule has 1 N–H and O–H groups in total. The van der Waals surface area contributed by atoms with Gasteiger partial charge in [0.1, 0.15) is 17.3 Å². The van der Waals surface area contributed by atoms with E-state index in [-0.39, 0.29) is 11.7 Å².